The van der Waals surface area contributed by atoms with E-state index in [1.165, 1.54) is 26.2 Å². The van der Waals surface area contributed by atoms with Crippen LogP contribution < -0.4 is 10.6 Å². The zero-order chi connectivity index (χ0) is 20.2. The van der Waals surface area contributed by atoms with Crippen LogP contribution in [0, 0.1) is 13.8 Å². The van der Waals surface area contributed by atoms with Crippen molar-refractivity contribution >= 4 is 21.8 Å². The Hall–Kier alpha value is -2.65. The van der Waals surface area contributed by atoms with Gasteiger partial charge in [0.15, 0.2) is 0 Å². The van der Waals surface area contributed by atoms with E-state index in [-0.39, 0.29) is 29.8 Å². The zero-order valence-corrected chi connectivity index (χ0v) is 16.5. The van der Waals surface area contributed by atoms with Crippen molar-refractivity contribution in [2.75, 3.05) is 20.6 Å². The Morgan fingerprint density at radius 1 is 1.07 bits per heavy atom. The van der Waals surface area contributed by atoms with E-state index in [1.54, 1.807) is 32.0 Å². The highest BCUT2D eigenvalue weighted by Gasteiger charge is 2.17. The van der Waals surface area contributed by atoms with E-state index in [1.807, 2.05) is 0 Å². The van der Waals surface area contributed by atoms with Crippen molar-refractivity contribution in [3.8, 4) is 0 Å². The summed E-state index contributed by atoms with van der Waals surface area (Å²) in [5.74, 6) is 0.393. The Labute approximate surface area is 158 Å². The number of nitrogens with one attached hydrogen (secondary N) is 2. The molecular formula is C18H23N3O5S. The maximum Gasteiger partial charge on any atom is 0.255 e. The lowest BCUT2D eigenvalue weighted by atomic mass is 10.2. The smallest absolute Gasteiger partial charge is 0.255 e. The summed E-state index contributed by atoms with van der Waals surface area (Å²) in [5.41, 5.74) is 1.15. The molecule has 146 valence electrons. The topological polar surface area (TPSA) is 109 Å². The molecule has 2 rings (SSSR count). The number of carbonyl (C=O) groups is 2. The molecule has 1 aromatic heterocycles. The molecule has 27 heavy (non-hydrogen) atoms. The predicted octanol–water partition coefficient (Wildman–Crippen LogP) is 1.19. The molecule has 0 aliphatic heterocycles. The molecule has 2 amide bonds. The Morgan fingerprint density at radius 2 is 1.70 bits per heavy atom. The fraction of sp³-hybridized carbons (Fsp3) is 0.333. The van der Waals surface area contributed by atoms with Crippen LogP contribution in [0.4, 0.5) is 0 Å². The minimum absolute atomic E-state index is 0.171. The van der Waals surface area contributed by atoms with E-state index in [0.717, 1.165) is 9.87 Å². The van der Waals surface area contributed by atoms with E-state index < -0.39 is 10.0 Å². The standard InChI is InChI=1S/C18H23N3O5S/c1-12-9-16(13(2)26-12)18(23)20-11-17(22)19-10-14-5-7-15(8-6-14)27(24,25)21(3)4/h5-9H,10-11H2,1-4H3,(H,19,22)(H,20,23). The monoisotopic (exact) mass is 393 g/mol. The summed E-state index contributed by atoms with van der Waals surface area (Å²) in [6, 6.07) is 7.86. The molecule has 8 nitrogen and oxygen atoms in total. The first kappa shape index (κ1) is 20.7. The molecule has 0 radical (unpaired) electrons. The highest BCUT2D eigenvalue weighted by atomic mass is 32.2. The second-order valence-electron chi connectivity index (χ2n) is 6.22. The van der Waals surface area contributed by atoms with Crippen LogP contribution >= 0.6 is 0 Å². The molecule has 0 atom stereocenters. The van der Waals surface area contributed by atoms with Gasteiger partial charge in [-0.2, -0.15) is 0 Å². The van der Waals surface area contributed by atoms with Crippen LogP contribution in [0.15, 0.2) is 39.6 Å². The summed E-state index contributed by atoms with van der Waals surface area (Å²) in [5, 5.41) is 5.20. The highest BCUT2D eigenvalue weighted by molar-refractivity contribution is 7.89. The predicted molar refractivity (Wildman–Crippen MR) is 99.7 cm³/mol. The molecule has 2 aromatic rings. The van der Waals surface area contributed by atoms with Crippen molar-refractivity contribution in [2.24, 2.45) is 0 Å². The molecule has 1 aromatic carbocycles. The average molecular weight is 393 g/mol. The number of furan rings is 1. The molecule has 9 heteroatoms. The molecule has 0 bridgehead atoms. The number of rotatable bonds is 7. The number of aryl methyl sites for hydroxylation is 2. The van der Waals surface area contributed by atoms with Crippen LogP contribution in [0.2, 0.25) is 0 Å². The number of benzene rings is 1. The van der Waals surface area contributed by atoms with Crippen LogP contribution in [0.3, 0.4) is 0 Å². The third-order valence-electron chi connectivity index (χ3n) is 3.89. The summed E-state index contributed by atoms with van der Waals surface area (Å²) in [7, 11) is -0.556. The number of hydrogen-bond acceptors (Lipinski definition) is 5. The van der Waals surface area contributed by atoms with Gasteiger partial charge in [0, 0.05) is 20.6 Å². The van der Waals surface area contributed by atoms with Crippen LogP contribution in [0.1, 0.15) is 27.4 Å². The van der Waals surface area contributed by atoms with Crippen molar-refractivity contribution in [2.45, 2.75) is 25.3 Å². The van der Waals surface area contributed by atoms with Gasteiger partial charge in [-0.1, -0.05) is 12.1 Å². The molecule has 1 heterocycles. The van der Waals surface area contributed by atoms with Gasteiger partial charge in [-0.3, -0.25) is 9.59 Å². The lowest BCUT2D eigenvalue weighted by Gasteiger charge is -2.12. The SMILES string of the molecule is Cc1cc(C(=O)NCC(=O)NCc2ccc(S(=O)(=O)N(C)C)cc2)c(C)o1. The fourth-order valence-corrected chi connectivity index (χ4v) is 3.27. The van der Waals surface area contributed by atoms with Gasteiger partial charge < -0.3 is 15.1 Å². The molecule has 0 aliphatic rings. The van der Waals surface area contributed by atoms with Gasteiger partial charge in [-0.15, -0.1) is 0 Å². The van der Waals surface area contributed by atoms with Crippen LogP contribution in [0.25, 0.3) is 0 Å². The largest absolute Gasteiger partial charge is 0.466 e. The van der Waals surface area contributed by atoms with E-state index in [9.17, 15) is 18.0 Å². The molecular weight excluding hydrogens is 370 g/mol. The summed E-state index contributed by atoms with van der Waals surface area (Å²) in [6.45, 7) is 3.48. The van der Waals surface area contributed by atoms with Crippen molar-refractivity contribution in [1.29, 1.82) is 0 Å². The van der Waals surface area contributed by atoms with E-state index in [4.69, 9.17) is 4.42 Å². The van der Waals surface area contributed by atoms with E-state index in [0.29, 0.717) is 17.1 Å². The Balaban J connectivity index is 1.85. The van der Waals surface area contributed by atoms with Crippen molar-refractivity contribution < 1.29 is 22.4 Å². The lowest BCUT2D eigenvalue weighted by Crippen LogP contribution is -2.36. The summed E-state index contributed by atoms with van der Waals surface area (Å²) >= 11 is 0. The normalized spacial score (nSPS) is 11.4. The number of carbonyl (C=O) groups excluding carboxylic acids is 2. The molecule has 0 spiro atoms. The quantitative estimate of drug-likeness (QED) is 0.735. The molecule has 0 saturated heterocycles. The van der Waals surface area contributed by atoms with E-state index >= 15 is 0 Å². The average Bonchev–Trinajstić information content (AvgIpc) is 2.96. The van der Waals surface area contributed by atoms with E-state index in [2.05, 4.69) is 10.6 Å². The number of hydrogen-bond donors (Lipinski definition) is 2. The summed E-state index contributed by atoms with van der Waals surface area (Å²) in [4.78, 5) is 24.1. The number of sulfonamides is 1. The second-order valence-corrected chi connectivity index (χ2v) is 8.37. The first-order valence-electron chi connectivity index (χ1n) is 8.24. The maximum atomic E-state index is 12.0. The molecule has 0 saturated carbocycles. The Kier molecular flexibility index (Phi) is 6.40. The maximum absolute atomic E-state index is 12.0. The minimum atomic E-state index is -3.48. The van der Waals surface area contributed by atoms with Gasteiger partial charge in [-0.05, 0) is 37.6 Å². The first-order chi connectivity index (χ1) is 12.6. The molecule has 0 unspecified atom stereocenters. The van der Waals surface area contributed by atoms with Crippen molar-refractivity contribution in [3.05, 3.63) is 53.0 Å². The van der Waals surface area contributed by atoms with Crippen LogP contribution in [0.5, 0.6) is 0 Å². The molecule has 0 fully saturated rings. The first-order valence-corrected chi connectivity index (χ1v) is 9.68. The van der Waals surface area contributed by atoms with Gasteiger partial charge >= 0.3 is 0 Å². The van der Waals surface area contributed by atoms with Crippen molar-refractivity contribution in [1.82, 2.24) is 14.9 Å². The van der Waals surface area contributed by atoms with Gasteiger partial charge in [-0.25, -0.2) is 12.7 Å². The lowest BCUT2D eigenvalue weighted by molar-refractivity contribution is -0.120. The Morgan fingerprint density at radius 3 is 2.22 bits per heavy atom. The minimum Gasteiger partial charge on any atom is -0.466 e. The number of nitrogens with zero attached hydrogens (tertiary/aromatic N) is 1. The van der Waals surface area contributed by atoms with Crippen LogP contribution in [-0.2, 0) is 21.4 Å². The molecule has 2 N–H and O–H groups in total. The van der Waals surface area contributed by atoms with Gasteiger partial charge in [0.1, 0.15) is 11.5 Å². The Bertz CT molecular complexity index is 930. The summed E-state index contributed by atoms with van der Waals surface area (Å²) in [6.07, 6.45) is 0. The highest BCUT2D eigenvalue weighted by Crippen LogP contribution is 2.14. The van der Waals surface area contributed by atoms with Gasteiger partial charge in [0.2, 0.25) is 15.9 Å². The third kappa shape index (κ3) is 5.18. The van der Waals surface area contributed by atoms with Crippen LogP contribution in [-0.4, -0.2) is 45.2 Å². The van der Waals surface area contributed by atoms with Crippen molar-refractivity contribution in [3.63, 3.8) is 0 Å². The summed E-state index contributed by atoms with van der Waals surface area (Å²) < 4.78 is 30.4. The van der Waals surface area contributed by atoms with Gasteiger partial charge in [0.25, 0.3) is 5.91 Å². The third-order valence-corrected chi connectivity index (χ3v) is 5.72. The second kappa shape index (κ2) is 8.36. The number of amides is 2. The molecule has 0 aliphatic carbocycles. The zero-order valence-electron chi connectivity index (χ0n) is 15.7. The van der Waals surface area contributed by atoms with Gasteiger partial charge in [0.05, 0.1) is 17.0 Å². The fourth-order valence-electron chi connectivity index (χ4n) is 2.37.